The number of halogens is 1. The number of thiocarbonyl (C=S) groups is 1. The molecule has 0 saturated carbocycles. The topological polar surface area (TPSA) is 66.8 Å². The molecule has 8 heteroatoms. The molecule has 150 valence electrons. The number of hydrogen-bond acceptors (Lipinski definition) is 5. The molecular formula is C21H18ClNO4S2. The summed E-state index contributed by atoms with van der Waals surface area (Å²) in [6.45, 7) is 0.668. The number of amides is 1. The first-order valence-electron chi connectivity index (χ1n) is 8.87. The Kier molecular flexibility index (Phi) is 7.30. The Labute approximate surface area is 183 Å². The monoisotopic (exact) mass is 447 g/mol. The molecule has 2 aromatic rings. The van der Waals surface area contributed by atoms with Crippen molar-refractivity contribution in [3.63, 3.8) is 0 Å². The fourth-order valence-electron chi connectivity index (χ4n) is 2.70. The summed E-state index contributed by atoms with van der Waals surface area (Å²) < 4.78 is 6.37. The number of para-hydroxylation sites is 1. The third-order valence-corrected chi connectivity index (χ3v) is 5.79. The first-order chi connectivity index (χ1) is 13.9. The van der Waals surface area contributed by atoms with E-state index in [9.17, 15) is 9.59 Å². The molecule has 1 fully saturated rings. The summed E-state index contributed by atoms with van der Waals surface area (Å²) >= 11 is 12.4. The number of hydrogen-bond donors (Lipinski definition) is 1. The summed E-state index contributed by atoms with van der Waals surface area (Å²) in [7, 11) is 0. The normalized spacial score (nSPS) is 15.2. The SMILES string of the molecule is O=C(O)CCCN1C(=O)/C(=C/c2ccccc2OCc2ccc(Cl)cc2)SC1=S. The van der Waals surface area contributed by atoms with E-state index in [1.807, 2.05) is 48.5 Å². The Bertz CT molecular complexity index is 959. The highest BCUT2D eigenvalue weighted by atomic mass is 35.5. The van der Waals surface area contributed by atoms with Crippen molar-refractivity contribution in [2.75, 3.05) is 6.54 Å². The molecule has 0 unspecified atom stereocenters. The molecule has 0 radical (unpaired) electrons. The molecule has 1 aliphatic heterocycles. The molecule has 0 spiro atoms. The van der Waals surface area contributed by atoms with Crippen LogP contribution in [0.5, 0.6) is 5.75 Å². The zero-order valence-electron chi connectivity index (χ0n) is 15.3. The maximum absolute atomic E-state index is 12.7. The molecular weight excluding hydrogens is 430 g/mol. The number of carbonyl (C=O) groups excluding carboxylic acids is 1. The summed E-state index contributed by atoms with van der Waals surface area (Å²) in [5, 5.41) is 9.44. The molecule has 1 amide bonds. The van der Waals surface area contributed by atoms with E-state index < -0.39 is 5.97 Å². The lowest BCUT2D eigenvalue weighted by Gasteiger charge is -2.13. The van der Waals surface area contributed by atoms with Gasteiger partial charge in [0.05, 0.1) is 4.91 Å². The summed E-state index contributed by atoms with van der Waals surface area (Å²) in [6.07, 6.45) is 2.11. The minimum atomic E-state index is -0.891. The van der Waals surface area contributed by atoms with Crippen LogP contribution >= 0.6 is 35.6 Å². The summed E-state index contributed by atoms with van der Waals surface area (Å²) in [5.74, 6) is -0.450. The number of carboxylic acid groups (broad SMARTS) is 1. The van der Waals surface area contributed by atoms with Crippen LogP contribution in [0.15, 0.2) is 53.4 Å². The number of thioether (sulfide) groups is 1. The number of carbonyl (C=O) groups is 2. The lowest BCUT2D eigenvalue weighted by atomic mass is 10.1. The van der Waals surface area contributed by atoms with Crippen molar-refractivity contribution in [1.82, 2.24) is 4.90 Å². The van der Waals surface area contributed by atoms with Crippen LogP contribution < -0.4 is 4.74 Å². The van der Waals surface area contributed by atoms with Crippen LogP contribution in [0.2, 0.25) is 5.02 Å². The predicted octanol–water partition coefficient (Wildman–Crippen LogP) is 4.99. The molecule has 0 aliphatic carbocycles. The number of ether oxygens (including phenoxy) is 1. The lowest BCUT2D eigenvalue weighted by molar-refractivity contribution is -0.137. The van der Waals surface area contributed by atoms with E-state index in [4.69, 9.17) is 33.7 Å². The van der Waals surface area contributed by atoms with Gasteiger partial charge < -0.3 is 9.84 Å². The molecule has 3 rings (SSSR count). The van der Waals surface area contributed by atoms with Gasteiger partial charge in [0, 0.05) is 23.6 Å². The minimum Gasteiger partial charge on any atom is -0.488 e. The molecule has 0 bridgehead atoms. The van der Waals surface area contributed by atoms with Gasteiger partial charge in [0.15, 0.2) is 0 Å². The molecule has 1 N–H and O–H groups in total. The van der Waals surface area contributed by atoms with E-state index in [2.05, 4.69) is 0 Å². The molecule has 1 aliphatic rings. The second kappa shape index (κ2) is 9.91. The van der Waals surface area contributed by atoms with E-state index >= 15 is 0 Å². The molecule has 5 nitrogen and oxygen atoms in total. The lowest BCUT2D eigenvalue weighted by Crippen LogP contribution is -2.29. The van der Waals surface area contributed by atoms with Gasteiger partial charge in [0.25, 0.3) is 5.91 Å². The largest absolute Gasteiger partial charge is 0.488 e. The minimum absolute atomic E-state index is 0.00250. The van der Waals surface area contributed by atoms with E-state index in [1.54, 1.807) is 6.08 Å². The maximum Gasteiger partial charge on any atom is 0.303 e. The van der Waals surface area contributed by atoms with Crippen LogP contribution in [0, 0.1) is 0 Å². The van der Waals surface area contributed by atoms with Crippen LogP contribution in [-0.2, 0) is 16.2 Å². The fraction of sp³-hybridized carbons (Fsp3) is 0.190. The van der Waals surface area contributed by atoms with Crippen molar-refractivity contribution in [2.45, 2.75) is 19.4 Å². The maximum atomic E-state index is 12.7. The van der Waals surface area contributed by atoms with Crippen molar-refractivity contribution in [3.8, 4) is 5.75 Å². The predicted molar refractivity (Wildman–Crippen MR) is 119 cm³/mol. The second-order valence-electron chi connectivity index (χ2n) is 6.28. The zero-order valence-corrected chi connectivity index (χ0v) is 17.7. The Morgan fingerprint density at radius 2 is 1.93 bits per heavy atom. The molecule has 2 aromatic carbocycles. The Balaban J connectivity index is 1.71. The Morgan fingerprint density at radius 1 is 1.21 bits per heavy atom. The first-order valence-corrected chi connectivity index (χ1v) is 10.5. The van der Waals surface area contributed by atoms with E-state index in [0.29, 0.717) is 39.6 Å². The first kappa shape index (κ1) is 21.4. The highest BCUT2D eigenvalue weighted by molar-refractivity contribution is 8.26. The molecule has 0 atom stereocenters. The third-order valence-electron chi connectivity index (χ3n) is 4.16. The number of rotatable bonds is 8. The van der Waals surface area contributed by atoms with Gasteiger partial charge in [-0.2, -0.15) is 0 Å². The number of carboxylic acids is 1. The van der Waals surface area contributed by atoms with Crippen molar-refractivity contribution < 1.29 is 19.4 Å². The highest BCUT2D eigenvalue weighted by Gasteiger charge is 2.31. The average Bonchev–Trinajstić information content (AvgIpc) is 2.95. The summed E-state index contributed by atoms with van der Waals surface area (Å²) in [4.78, 5) is 25.3. The van der Waals surface area contributed by atoms with Gasteiger partial charge in [-0.25, -0.2) is 0 Å². The Morgan fingerprint density at radius 3 is 2.66 bits per heavy atom. The van der Waals surface area contributed by atoms with E-state index in [-0.39, 0.29) is 12.3 Å². The molecule has 1 heterocycles. The van der Waals surface area contributed by atoms with Gasteiger partial charge in [-0.1, -0.05) is 65.9 Å². The quantitative estimate of drug-likeness (QED) is 0.454. The molecule has 29 heavy (non-hydrogen) atoms. The van der Waals surface area contributed by atoms with Crippen LogP contribution in [0.25, 0.3) is 6.08 Å². The highest BCUT2D eigenvalue weighted by Crippen LogP contribution is 2.34. The standard InChI is InChI=1S/C21H18ClNO4S2/c22-16-9-7-14(8-10-16)13-27-17-5-2-1-4-15(17)12-18-20(26)23(21(28)29-18)11-3-6-19(24)25/h1-2,4-5,7-10,12H,3,6,11,13H2,(H,24,25)/b18-12-. The zero-order chi connectivity index (χ0) is 20.8. The smallest absolute Gasteiger partial charge is 0.303 e. The molecule has 1 saturated heterocycles. The van der Waals surface area contributed by atoms with Crippen molar-refractivity contribution >= 4 is 57.9 Å². The van der Waals surface area contributed by atoms with Gasteiger partial charge in [-0.15, -0.1) is 0 Å². The van der Waals surface area contributed by atoms with Crippen molar-refractivity contribution in [1.29, 1.82) is 0 Å². The number of nitrogens with zero attached hydrogens (tertiary/aromatic N) is 1. The summed E-state index contributed by atoms with van der Waals surface area (Å²) in [6, 6.07) is 14.9. The second-order valence-corrected chi connectivity index (χ2v) is 8.40. The van der Waals surface area contributed by atoms with Gasteiger partial charge >= 0.3 is 5.97 Å². The van der Waals surface area contributed by atoms with Crippen LogP contribution in [-0.4, -0.2) is 32.7 Å². The van der Waals surface area contributed by atoms with Crippen LogP contribution in [0.1, 0.15) is 24.0 Å². The van der Waals surface area contributed by atoms with Gasteiger partial charge in [0.1, 0.15) is 16.7 Å². The van der Waals surface area contributed by atoms with Crippen molar-refractivity contribution in [3.05, 3.63) is 69.6 Å². The Hall–Kier alpha value is -2.35. The van der Waals surface area contributed by atoms with Gasteiger partial charge in [-0.05, 0) is 36.3 Å². The third kappa shape index (κ3) is 5.82. The average molecular weight is 448 g/mol. The number of aliphatic carboxylic acids is 1. The fourth-order valence-corrected chi connectivity index (χ4v) is 4.12. The molecule has 0 aromatic heterocycles. The van der Waals surface area contributed by atoms with Gasteiger partial charge in [-0.3, -0.25) is 14.5 Å². The van der Waals surface area contributed by atoms with Crippen LogP contribution in [0.3, 0.4) is 0 Å². The summed E-state index contributed by atoms with van der Waals surface area (Å²) in [5.41, 5.74) is 1.75. The number of benzene rings is 2. The van der Waals surface area contributed by atoms with E-state index in [0.717, 1.165) is 11.1 Å². The van der Waals surface area contributed by atoms with Gasteiger partial charge in [0.2, 0.25) is 0 Å². The van der Waals surface area contributed by atoms with Crippen molar-refractivity contribution in [2.24, 2.45) is 0 Å². The van der Waals surface area contributed by atoms with Crippen LogP contribution in [0.4, 0.5) is 0 Å². The van der Waals surface area contributed by atoms with E-state index in [1.165, 1.54) is 16.7 Å².